The number of pyridine rings is 1. The zero-order valence-electron chi connectivity index (χ0n) is 18.1. The van der Waals surface area contributed by atoms with Gasteiger partial charge in [0.1, 0.15) is 5.82 Å². The van der Waals surface area contributed by atoms with Gasteiger partial charge < -0.3 is 10.6 Å². The van der Waals surface area contributed by atoms with Gasteiger partial charge in [0, 0.05) is 54.6 Å². The number of aromatic nitrogens is 1. The molecule has 0 radical (unpaired) electrons. The molecule has 3 aromatic rings. The highest BCUT2D eigenvalue weighted by molar-refractivity contribution is 5.99. The maximum Gasteiger partial charge on any atom is 0.167 e. The number of rotatable bonds is 5. The van der Waals surface area contributed by atoms with Crippen LogP contribution in [0, 0.1) is 19.7 Å². The van der Waals surface area contributed by atoms with E-state index in [1.165, 1.54) is 23.3 Å². The van der Waals surface area contributed by atoms with Crippen molar-refractivity contribution in [2.75, 3.05) is 18.0 Å². The molecule has 1 saturated heterocycles. The summed E-state index contributed by atoms with van der Waals surface area (Å²) < 4.78 is 13.6. The largest absolute Gasteiger partial charge is 0.371 e. The highest BCUT2D eigenvalue weighted by Gasteiger charge is 2.24. The van der Waals surface area contributed by atoms with Crippen LogP contribution < -0.4 is 10.6 Å². The van der Waals surface area contributed by atoms with Gasteiger partial charge in [-0.05, 0) is 44.4 Å². The van der Waals surface area contributed by atoms with Gasteiger partial charge in [-0.1, -0.05) is 41.5 Å². The number of nitrogens with zero attached hydrogens (tertiary/aromatic N) is 2. The number of piperidine rings is 1. The fraction of sp³-hybridized carbons (Fsp3) is 0.308. The van der Waals surface area contributed by atoms with E-state index in [9.17, 15) is 9.18 Å². The second-order valence-corrected chi connectivity index (χ2v) is 8.51. The molecule has 0 unspecified atom stereocenters. The molecule has 0 aliphatic carbocycles. The van der Waals surface area contributed by atoms with Crippen molar-refractivity contribution in [1.29, 1.82) is 0 Å². The van der Waals surface area contributed by atoms with Gasteiger partial charge in [0.2, 0.25) is 0 Å². The summed E-state index contributed by atoms with van der Waals surface area (Å²) in [5.41, 5.74) is 12.9. The smallest absolute Gasteiger partial charge is 0.167 e. The molecular weight excluding hydrogens is 389 g/mol. The standard InChI is InChI=1S/C26H28FN3O/c1-17-10-18(2)12-20(11-17)24-16-29-15-21(26(24)30-8-6-23(28)7-9-30)14-25(31)19-4-3-5-22(27)13-19/h3-5,10-13,15-16,23H,6-9,14,28H2,1-2H3. The fourth-order valence-corrected chi connectivity index (χ4v) is 4.40. The summed E-state index contributed by atoms with van der Waals surface area (Å²) in [5, 5.41) is 0. The van der Waals surface area contributed by atoms with Crippen molar-refractivity contribution in [3.63, 3.8) is 0 Å². The van der Waals surface area contributed by atoms with Gasteiger partial charge in [0.15, 0.2) is 5.78 Å². The molecule has 4 nitrogen and oxygen atoms in total. The van der Waals surface area contributed by atoms with Crippen LogP contribution in [0.25, 0.3) is 11.1 Å². The number of hydrogen-bond acceptors (Lipinski definition) is 4. The molecule has 1 aliphatic rings. The molecule has 1 fully saturated rings. The molecule has 0 atom stereocenters. The van der Waals surface area contributed by atoms with Crippen LogP contribution in [0.5, 0.6) is 0 Å². The Hall–Kier alpha value is -3.05. The van der Waals surface area contributed by atoms with E-state index in [4.69, 9.17) is 5.73 Å². The van der Waals surface area contributed by atoms with Gasteiger partial charge in [-0.15, -0.1) is 0 Å². The van der Waals surface area contributed by atoms with Gasteiger partial charge in [-0.25, -0.2) is 4.39 Å². The third-order valence-corrected chi connectivity index (χ3v) is 5.88. The van der Waals surface area contributed by atoms with Crippen molar-refractivity contribution in [3.05, 3.63) is 82.9 Å². The lowest BCUT2D eigenvalue weighted by Crippen LogP contribution is -2.40. The maximum atomic E-state index is 13.6. The molecule has 0 amide bonds. The highest BCUT2D eigenvalue weighted by Crippen LogP contribution is 2.36. The van der Waals surface area contributed by atoms with Crippen LogP contribution >= 0.6 is 0 Å². The van der Waals surface area contributed by atoms with Gasteiger partial charge in [-0.3, -0.25) is 9.78 Å². The normalized spacial score (nSPS) is 14.6. The minimum absolute atomic E-state index is 0.117. The van der Waals surface area contributed by atoms with E-state index in [0.717, 1.165) is 48.3 Å². The fourth-order valence-electron chi connectivity index (χ4n) is 4.40. The predicted molar refractivity (Wildman–Crippen MR) is 123 cm³/mol. The number of ketones is 1. The lowest BCUT2D eigenvalue weighted by molar-refractivity contribution is 0.0992. The van der Waals surface area contributed by atoms with E-state index in [1.54, 1.807) is 18.3 Å². The first-order valence-electron chi connectivity index (χ1n) is 10.8. The average Bonchev–Trinajstić information content (AvgIpc) is 2.73. The average molecular weight is 418 g/mol. The third-order valence-electron chi connectivity index (χ3n) is 5.88. The highest BCUT2D eigenvalue weighted by atomic mass is 19.1. The lowest BCUT2D eigenvalue weighted by Gasteiger charge is -2.35. The topological polar surface area (TPSA) is 59.2 Å². The summed E-state index contributed by atoms with van der Waals surface area (Å²) >= 11 is 0. The molecule has 2 heterocycles. The van der Waals surface area contributed by atoms with E-state index >= 15 is 0 Å². The van der Waals surface area contributed by atoms with E-state index in [1.807, 2.05) is 6.20 Å². The Kier molecular flexibility index (Phi) is 6.14. The van der Waals surface area contributed by atoms with Crippen LogP contribution in [0.2, 0.25) is 0 Å². The molecule has 1 aromatic heterocycles. The number of benzene rings is 2. The van der Waals surface area contributed by atoms with E-state index in [0.29, 0.717) is 5.56 Å². The van der Waals surface area contributed by atoms with Crippen molar-refractivity contribution in [2.45, 2.75) is 39.2 Å². The quantitative estimate of drug-likeness (QED) is 0.603. The SMILES string of the molecule is Cc1cc(C)cc(-c2cncc(CC(=O)c3cccc(F)c3)c2N2CCC(N)CC2)c1. The molecular formula is C26H28FN3O. The summed E-state index contributed by atoms with van der Waals surface area (Å²) in [7, 11) is 0. The molecule has 2 N–H and O–H groups in total. The number of hydrogen-bond donors (Lipinski definition) is 1. The molecule has 0 saturated carbocycles. The summed E-state index contributed by atoms with van der Waals surface area (Å²) in [4.78, 5) is 19.8. The van der Waals surface area contributed by atoms with Crippen molar-refractivity contribution < 1.29 is 9.18 Å². The van der Waals surface area contributed by atoms with E-state index in [-0.39, 0.29) is 18.2 Å². The molecule has 4 rings (SSSR count). The predicted octanol–water partition coefficient (Wildman–Crippen LogP) is 4.86. The Morgan fingerprint density at radius 1 is 1.10 bits per heavy atom. The number of anilines is 1. The van der Waals surface area contributed by atoms with Gasteiger partial charge in [-0.2, -0.15) is 0 Å². The zero-order chi connectivity index (χ0) is 22.0. The van der Waals surface area contributed by atoms with E-state index in [2.05, 4.69) is 41.9 Å². The molecule has 0 spiro atoms. The molecule has 1 aliphatic heterocycles. The minimum Gasteiger partial charge on any atom is -0.371 e. The van der Waals surface area contributed by atoms with Gasteiger partial charge in [0.25, 0.3) is 0 Å². The van der Waals surface area contributed by atoms with Gasteiger partial charge in [0.05, 0.1) is 5.69 Å². The van der Waals surface area contributed by atoms with E-state index < -0.39 is 5.82 Å². The first-order valence-corrected chi connectivity index (χ1v) is 10.8. The maximum absolute atomic E-state index is 13.6. The van der Waals surface area contributed by atoms with Crippen LogP contribution in [0.1, 0.15) is 39.9 Å². The number of Topliss-reactive ketones (excluding diaryl/α,β-unsaturated/α-hetero) is 1. The number of halogens is 1. The molecule has 31 heavy (non-hydrogen) atoms. The monoisotopic (exact) mass is 417 g/mol. The van der Waals surface area contributed by atoms with Crippen molar-refractivity contribution >= 4 is 11.5 Å². The number of aryl methyl sites for hydroxylation is 2. The van der Waals surface area contributed by atoms with Gasteiger partial charge >= 0.3 is 0 Å². The summed E-state index contributed by atoms with van der Waals surface area (Å²) in [5.74, 6) is -0.521. The summed E-state index contributed by atoms with van der Waals surface area (Å²) in [6.07, 6.45) is 5.65. The second kappa shape index (κ2) is 8.98. The van der Waals surface area contributed by atoms with Crippen LogP contribution in [-0.4, -0.2) is 29.9 Å². The second-order valence-electron chi connectivity index (χ2n) is 8.51. The first kappa shape index (κ1) is 21.2. The summed E-state index contributed by atoms with van der Waals surface area (Å²) in [6, 6.07) is 12.5. The Balaban J connectivity index is 1.78. The minimum atomic E-state index is -0.404. The van der Waals surface area contributed by atoms with Crippen molar-refractivity contribution in [3.8, 4) is 11.1 Å². The first-order chi connectivity index (χ1) is 14.9. The third kappa shape index (κ3) is 4.83. The van der Waals surface area contributed by atoms with Crippen LogP contribution in [-0.2, 0) is 6.42 Å². The van der Waals surface area contributed by atoms with Crippen LogP contribution in [0.15, 0.2) is 54.9 Å². The van der Waals surface area contributed by atoms with Crippen molar-refractivity contribution in [2.24, 2.45) is 5.73 Å². The lowest BCUT2D eigenvalue weighted by atomic mass is 9.94. The number of carbonyl (C=O) groups is 1. The van der Waals surface area contributed by atoms with Crippen LogP contribution in [0.4, 0.5) is 10.1 Å². The Morgan fingerprint density at radius 2 is 1.81 bits per heavy atom. The molecule has 5 heteroatoms. The Bertz CT molecular complexity index is 1080. The zero-order valence-corrected chi connectivity index (χ0v) is 18.1. The summed E-state index contributed by atoms with van der Waals surface area (Å²) in [6.45, 7) is 5.84. The Labute approximate surface area is 182 Å². The van der Waals surface area contributed by atoms with Crippen molar-refractivity contribution in [1.82, 2.24) is 4.98 Å². The molecule has 2 aromatic carbocycles. The van der Waals surface area contributed by atoms with Crippen LogP contribution in [0.3, 0.4) is 0 Å². The molecule has 160 valence electrons. The number of carbonyl (C=O) groups excluding carboxylic acids is 1. The number of nitrogens with two attached hydrogens (primary N) is 1. The molecule has 0 bridgehead atoms. The Morgan fingerprint density at radius 3 is 2.48 bits per heavy atom.